The van der Waals surface area contributed by atoms with Gasteiger partial charge in [0.2, 0.25) is 10.0 Å². The van der Waals surface area contributed by atoms with Gasteiger partial charge in [-0.2, -0.15) is 0 Å². The van der Waals surface area contributed by atoms with Gasteiger partial charge in [0.1, 0.15) is 4.90 Å². The number of nitrogens with one attached hydrogen (secondary N) is 1. The van der Waals surface area contributed by atoms with E-state index in [1.54, 1.807) is 0 Å². The first-order valence-electron chi connectivity index (χ1n) is 5.67. The molecule has 3 N–H and O–H groups in total. The van der Waals surface area contributed by atoms with Crippen LogP contribution in [0.25, 0.3) is 0 Å². The third kappa shape index (κ3) is 2.75. The molecule has 19 heavy (non-hydrogen) atoms. The maximum absolute atomic E-state index is 13.4. The fraction of sp³-hybridized carbons (Fsp3) is 0.455. The minimum absolute atomic E-state index is 0.0617. The van der Waals surface area contributed by atoms with Gasteiger partial charge in [-0.25, -0.2) is 26.3 Å². The van der Waals surface area contributed by atoms with Gasteiger partial charge in [-0.05, 0) is 31.4 Å². The van der Waals surface area contributed by atoms with Crippen LogP contribution < -0.4 is 10.5 Å². The van der Waals surface area contributed by atoms with Crippen molar-refractivity contribution in [1.82, 2.24) is 4.72 Å². The summed E-state index contributed by atoms with van der Waals surface area (Å²) in [6, 6.07) is 1.24. The van der Waals surface area contributed by atoms with Crippen LogP contribution in [-0.4, -0.2) is 20.5 Å². The smallest absolute Gasteiger partial charge is 0.243 e. The van der Waals surface area contributed by atoms with E-state index in [9.17, 15) is 21.6 Å². The van der Waals surface area contributed by atoms with Gasteiger partial charge < -0.3 is 5.73 Å². The normalized spacial score (nSPS) is 18.1. The van der Waals surface area contributed by atoms with Crippen molar-refractivity contribution in [2.24, 2.45) is 5.73 Å². The molecule has 0 amide bonds. The quantitative estimate of drug-likeness (QED) is 0.821. The highest BCUT2D eigenvalue weighted by Gasteiger charge is 2.34. The third-order valence-corrected chi connectivity index (χ3v) is 4.67. The molecular weight excluding hydrogens is 281 g/mol. The Balaban J connectivity index is 2.22. The van der Waals surface area contributed by atoms with Gasteiger partial charge in [0.25, 0.3) is 0 Å². The Bertz CT molecular complexity index is 600. The lowest BCUT2D eigenvalue weighted by molar-refractivity contribution is 0.251. The van der Waals surface area contributed by atoms with Crippen LogP contribution in [0.15, 0.2) is 17.0 Å². The first-order valence-corrected chi connectivity index (χ1v) is 7.16. The third-order valence-electron chi connectivity index (χ3n) is 3.25. The van der Waals surface area contributed by atoms with Gasteiger partial charge in [0, 0.05) is 12.1 Å². The van der Waals surface area contributed by atoms with Crippen LogP contribution in [-0.2, 0) is 10.0 Å². The zero-order valence-corrected chi connectivity index (χ0v) is 10.7. The van der Waals surface area contributed by atoms with Gasteiger partial charge in [0.05, 0.1) is 0 Å². The number of sulfonamides is 1. The van der Waals surface area contributed by atoms with Crippen molar-refractivity contribution in [1.29, 1.82) is 0 Å². The van der Waals surface area contributed by atoms with Crippen LogP contribution in [0.1, 0.15) is 19.3 Å². The van der Waals surface area contributed by atoms with Gasteiger partial charge in [-0.1, -0.05) is 0 Å². The van der Waals surface area contributed by atoms with E-state index in [0.717, 1.165) is 6.42 Å². The largest absolute Gasteiger partial charge is 0.324 e. The summed E-state index contributed by atoms with van der Waals surface area (Å²) in [5.74, 6) is -4.98. The van der Waals surface area contributed by atoms with Crippen molar-refractivity contribution in [2.75, 3.05) is 6.54 Å². The number of benzene rings is 1. The summed E-state index contributed by atoms with van der Waals surface area (Å²) in [5.41, 5.74) is 5.19. The average molecular weight is 294 g/mol. The molecule has 8 heteroatoms. The fourth-order valence-corrected chi connectivity index (χ4v) is 3.05. The SMILES string of the molecule is NC1(CNS(=O)(=O)c2ccc(F)c(F)c2F)CCC1. The average Bonchev–Trinajstić information content (AvgIpc) is 2.31. The monoisotopic (exact) mass is 294 g/mol. The van der Waals surface area contributed by atoms with E-state index in [2.05, 4.69) is 4.72 Å². The van der Waals surface area contributed by atoms with Gasteiger partial charge in [0.15, 0.2) is 17.5 Å². The summed E-state index contributed by atoms with van der Waals surface area (Å²) >= 11 is 0. The molecule has 1 fully saturated rings. The van der Waals surface area contributed by atoms with Crippen LogP contribution in [0, 0.1) is 17.5 Å². The predicted octanol–water partition coefficient (Wildman–Crippen LogP) is 1.26. The minimum Gasteiger partial charge on any atom is -0.324 e. The molecule has 106 valence electrons. The zero-order valence-electron chi connectivity index (χ0n) is 9.92. The van der Waals surface area contributed by atoms with Crippen molar-refractivity contribution < 1.29 is 21.6 Å². The maximum atomic E-state index is 13.4. The van der Waals surface area contributed by atoms with Crippen LogP contribution >= 0.6 is 0 Å². The topological polar surface area (TPSA) is 72.2 Å². The molecule has 4 nitrogen and oxygen atoms in total. The van der Waals surface area contributed by atoms with E-state index in [4.69, 9.17) is 5.73 Å². The molecule has 0 aromatic heterocycles. The maximum Gasteiger partial charge on any atom is 0.243 e. The summed E-state index contributed by atoms with van der Waals surface area (Å²) in [5, 5.41) is 0. The summed E-state index contributed by atoms with van der Waals surface area (Å²) in [7, 11) is -4.25. The summed E-state index contributed by atoms with van der Waals surface area (Å²) in [6.45, 7) is -0.0617. The molecule has 2 rings (SSSR count). The summed E-state index contributed by atoms with van der Waals surface area (Å²) in [4.78, 5) is -0.922. The Morgan fingerprint density at radius 3 is 2.37 bits per heavy atom. The van der Waals surface area contributed by atoms with Crippen LogP contribution in [0.2, 0.25) is 0 Å². The van der Waals surface area contributed by atoms with E-state index in [1.165, 1.54) is 0 Å². The highest BCUT2D eigenvalue weighted by atomic mass is 32.2. The minimum atomic E-state index is -4.25. The summed E-state index contributed by atoms with van der Waals surface area (Å²) in [6.07, 6.45) is 2.23. The number of nitrogens with two attached hydrogens (primary N) is 1. The predicted molar refractivity (Wildman–Crippen MR) is 62.3 cm³/mol. The van der Waals surface area contributed by atoms with Crippen molar-refractivity contribution in [3.05, 3.63) is 29.6 Å². The standard InChI is InChI=1S/C11H13F3N2O2S/c12-7-2-3-8(10(14)9(7)13)19(17,18)16-6-11(15)4-1-5-11/h2-3,16H,1,4-6,15H2. The van der Waals surface area contributed by atoms with E-state index in [0.29, 0.717) is 25.0 Å². The first kappa shape index (κ1) is 14.3. The number of rotatable bonds is 4. The Morgan fingerprint density at radius 2 is 1.84 bits per heavy atom. The Hall–Kier alpha value is -1.12. The molecule has 0 unspecified atom stereocenters. The zero-order chi connectivity index (χ0) is 14.3. The molecule has 0 radical (unpaired) electrons. The molecule has 0 atom stereocenters. The van der Waals surface area contributed by atoms with Crippen molar-refractivity contribution >= 4 is 10.0 Å². The molecule has 1 saturated carbocycles. The molecular formula is C11H13F3N2O2S. The first-order chi connectivity index (χ1) is 8.75. The van der Waals surface area contributed by atoms with E-state index < -0.39 is 37.9 Å². The number of hydrogen-bond donors (Lipinski definition) is 2. The molecule has 0 saturated heterocycles. The van der Waals surface area contributed by atoms with E-state index in [1.807, 2.05) is 0 Å². The van der Waals surface area contributed by atoms with Crippen LogP contribution in [0.4, 0.5) is 13.2 Å². The Labute approximate surface area is 108 Å². The van der Waals surface area contributed by atoms with Gasteiger partial charge in [-0.3, -0.25) is 0 Å². The number of halogens is 3. The van der Waals surface area contributed by atoms with Crippen molar-refractivity contribution in [3.8, 4) is 0 Å². The lowest BCUT2D eigenvalue weighted by atomic mass is 9.78. The molecule has 1 aromatic rings. The molecule has 1 aliphatic carbocycles. The second-order valence-electron chi connectivity index (χ2n) is 4.71. The highest BCUT2D eigenvalue weighted by Crippen LogP contribution is 2.29. The Morgan fingerprint density at radius 1 is 1.21 bits per heavy atom. The molecule has 1 aliphatic rings. The van der Waals surface area contributed by atoms with Gasteiger partial charge >= 0.3 is 0 Å². The van der Waals surface area contributed by atoms with Crippen molar-refractivity contribution in [3.63, 3.8) is 0 Å². The van der Waals surface area contributed by atoms with Crippen molar-refractivity contribution in [2.45, 2.75) is 29.7 Å². The van der Waals surface area contributed by atoms with Gasteiger partial charge in [-0.15, -0.1) is 0 Å². The van der Waals surface area contributed by atoms with E-state index in [-0.39, 0.29) is 6.54 Å². The molecule has 0 bridgehead atoms. The lowest BCUT2D eigenvalue weighted by Gasteiger charge is -2.38. The second kappa shape index (κ2) is 4.77. The lowest BCUT2D eigenvalue weighted by Crippen LogP contribution is -2.54. The molecule has 0 spiro atoms. The highest BCUT2D eigenvalue weighted by molar-refractivity contribution is 7.89. The fourth-order valence-electron chi connectivity index (χ4n) is 1.84. The van der Waals surface area contributed by atoms with Crippen LogP contribution in [0.3, 0.4) is 0 Å². The number of hydrogen-bond acceptors (Lipinski definition) is 3. The molecule has 0 aliphatic heterocycles. The summed E-state index contributed by atoms with van der Waals surface area (Å²) < 4.78 is 64.9. The molecule has 1 aromatic carbocycles. The second-order valence-corrected chi connectivity index (χ2v) is 6.45. The van der Waals surface area contributed by atoms with E-state index >= 15 is 0 Å². The van der Waals surface area contributed by atoms with Crippen LogP contribution in [0.5, 0.6) is 0 Å². The molecule has 0 heterocycles. The Kier molecular flexibility index (Phi) is 3.59.